The van der Waals surface area contributed by atoms with Gasteiger partial charge < -0.3 is 10.2 Å². The number of fused-ring (bicyclic) bond motifs is 1. The molecule has 0 saturated heterocycles. The molecule has 1 N–H and O–H groups in total. The van der Waals surface area contributed by atoms with Crippen LogP contribution in [0.4, 0.5) is 10.1 Å². The lowest BCUT2D eigenvalue weighted by molar-refractivity contribution is 0.530. The van der Waals surface area contributed by atoms with Crippen LogP contribution in [0.5, 0.6) is 0 Å². The number of hydrogen-bond donors (Lipinski definition) is 1. The Morgan fingerprint density at radius 2 is 1.90 bits per heavy atom. The highest BCUT2D eigenvalue weighted by atomic mass is 19.1. The number of nitrogens with zero attached hydrogens (tertiary/aromatic N) is 1. The average Bonchev–Trinajstić information content (AvgIpc) is 2.87. The summed E-state index contributed by atoms with van der Waals surface area (Å²) in [5.41, 5.74) is 4.88. The maximum atomic E-state index is 13.2. The van der Waals surface area contributed by atoms with Crippen LogP contribution in [0.25, 0.3) is 0 Å². The van der Waals surface area contributed by atoms with E-state index in [2.05, 4.69) is 34.5 Å². The highest BCUT2D eigenvalue weighted by molar-refractivity contribution is 5.46. The zero-order chi connectivity index (χ0) is 14.8. The van der Waals surface area contributed by atoms with E-state index in [0.717, 1.165) is 24.9 Å². The summed E-state index contributed by atoms with van der Waals surface area (Å²) >= 11 is 0. The van der Waals surface area contributed by atoms with E-state index in [9.17, 15) is 4.39 Å². The number of hydrogen-bond acceptors (Lipinski definition) is 2. The van der Waals surface area contributed by atoms with Crippen molar-refractivity contribution in [2.45, 2.75) is 25.4 Å². The van der Waals surface area contributed by atoms with Crippen molar-refractivity contribution >= 4 is 5.69 Å². The molecule has 2 aromatic carbocycles. The molecular weight excluding hydrogens is 263 g/mol. The van der Waals surface area contributed by atoms with Crippen LogP contribution in [0.15, 0.2) is 42.5 Å². The van der Waals surface area contributed by atoms with Gasteiger partial charge in [-0.05, 0) is 53.8 Å². The minimum atomic E-state index is -0.131. The Morgan fingerprint density at radius 1 is 1.14 bits per heavy atom. The second-order valence-electron chi connectivity index (χ2n) is 5.88. The standard InChI is InChI=1S/C18H21FN2/c1-21(2)16-7-3-13(4-8-16)12-20-18-10-5-14-11-15(19)6-9-17(14)18/h3-4,6-9,11,18,20H,5,10,12H2,1-2H3. The van der Waals surface area contributed by atoms with Gasteiger partial charge in [0.05, 0.1) is 0 Å². The summed E-state index contributed by atoms with van der Waals surface area (Å²) in [6, 6.07) is 14.1. The van der Waals surface area contributed by atoms with Crippen LogP contribution in [0.2, 0.25) is 0 Å². The molecule has 0 fully saturated rings. The first-order valence-electron chi connectivity index (χ1n) is 7.41. The fraction of sp³-hybridized carbons (Fsp3) is 0.333. The molecule has 1 aliphatic rings. The lowest BCUT2D eigenvalue weighted by Gasteiger charge is -2.16. The van der Waals surface area contributed by atoms with Gasteiger partial charge in [0, 0.05) is 32.4 Å². The molecule has 110 valence electrons. The molecule has 0 radical (unpaired) electrons. The first-order chi connectivity index (χ1) is 10.1. The molecule has 1 aliphatic carbocycles. The van der Waals surface area contributed by atoms with Crippen molar-refractivity contribution in [3.05, 3.63) is 65.0 Å². The molecule has 3 heteroatoms. The zero-order valence-electron chi connectivity index (χ0n) is 12.6. The van der Waals surface area contributed by atoms with Crippen molar-refractivity contribution in [1.29, 1.82) is 0 Å². The van der Waals surface area contributed by atoms with Gasteiger partial charge in [-0.3, -0.25) is 0 Å². The molecule has 0 bridgehead atoms. The quantitative estimate of drug-likeness (QED) is 0.921. The first kappa shape index (κ1) is 14.1. The SMILES string of the molecule is CN(C)c1ccc(CNC2CCc3cc(F)ccc32)cc1. The van der Waals surface area contributed by atoms with E-state index < -0.39 is 0 Å². The maximum Gasteiger partial charge on any atom is 0.123 e. The van der Waals surface area contributed by atoms with Crippen LogP contribution in [-0.2, 0) is 13.0 Å². The topological polar surface area (TPSA) is 15.3 Å². The predicted molar refractivity (Wildman–Crippen MR) is 85.1 cm³/mol. The van der Waals surface area contributed by atoms with Gasteiger partial charge >= 0.3 is 0 Å². The fourth-order valence-electron chi connectivity index (χ4n) is 2.95. The van der Waals surface area contributed by atoms with Crippen LogP contribution < -0.4 is 10.2 Å². The van der Waals surface area contributed by atoms with Crippen LogP contribution in [0.3, 0.4) is 0 Å². The van der Waals surface area contributed by atoms with Gasteiger partial charge in [-0.1, -0.05) is 18.2 Å². The van der Waals surface area contributed by atoms with Gasteiger partial charge in [0.15, 0.2) is 0 Å². The third-order valence-electron chi connectivity index (χ3n) is 4.19. The summed E-state index contributed by atoms with van der Waals surface area (Å²) in [7, 11) is 4.09. The summed E-state index contributed by atoms with van der Waals surface area (Å²) < 4.78 is 13.2. The Labute approximate surface area is 125 Å². The van der Waals surface area contributed by atoms with Gasteiger partial charge in [-0.25, -0.2) is 4.39 Å². The lowest BCUT2D eigenvalue weighted by atomic mass is 10.1. The summed E-state index contributed by atoms with van der Waals surface area (Å²) in [5.74, 6) is -0.131. The van der Waals surface area contributed by atoms with Crippen molar-refractivity contribution in [3.8, 4) is 0 Å². The summed E-state index contributed by atoms with van der Waals surface area (Å²) in [5, 5.41) is 3.59. The molecular formula is C18H21FN2. The van der Waals surface area contributed by atoms with Crippen molar-refractivity contribution in [1.82, 2.24) is 5.32 Å². The van der Waals surface area contributed by atoms with Crippen LogP contribution in [0, 0.1) is 5.82 Å². The van der Waals surface area contributed by atoms with E-state index in [1.807, 2.05) is 20.2 Å². The molecule has 3 rings (SSSR count). The molecule has 1 atom stereocenters. The molecule has 0 saturated carbocycles. The number of rotatable bonds is 4. The second kappa shape index (κ2) is 5.86. The Bertz CT molecular complexity index is 620. The molecule has 0 spiro atoms. The van der Waals surface area contributed by atoms with Crippen LogP contribution in [-0.4, -0.2) is 14.1 Å². The van der Waals surface area contributed by atoms with Crippen molar-refractivity contribution in [2.75, 3.05) is 19.0 Å². The Balaban J connectivity index is 1.64. The van der Waals surface area contributed by atoms with E-state index in [-0.39, 0.29) is 5.82 Å². The molecule has 0 amide bonds. The summed E-state index contributed by atoms with van der Waals surface area (Å²) in [6.45, 7) is 0.842. The first-order valence-corrected chi connectivity index (χ1v) is 7.41. The molecule has 21 heavy (non-hydrogen) atoms. The number of nitrogens with one attached hydrogen (secondary N) is 1. The van der Waals surface area contributed by atoms with Gasteiger partial charge in [-0.15, -0.1) is 0 Å². The second-order valence-corrected chi connectivity index (χ2v) is 5.88. The number of aryl methyl sites for hydroxylation is 1. The monoisotopic (exact) mass is 284 g/mol. The minimum Gasteiger partial charge on any atom is -0.378 e. The maximum absolute atomic E-state index is 13.2. The molecule has 2 aromatic rings. The van der Waals surface area contributed by atoms with Crippen LogP contribution >= 0.6 is 0 Å². The minimum absolute atomic E-state index is 0.131. The van der Waals surface area contributed by atoms with Gasteiger partial charge in [-0.2, -0.15) is 0 Å². The van der Waals surface area contributed by atoms with Gasteiger partial charge in [0.1, 0.15) is 5.82 Å². The molecule has 0 heterocycles. The number of halogens is 1. The van der Waals surface area contributed by atoms with Crippen molar-refractivity contribution in [2.24, 2.45) is 0 Å². The fourth-order valence-corrected chi connectivity index (χ4v) is 2.95. The predicted octanol–water partition coefficient (Wildman–Crippen LogP) is 3.67. The third kappa shape index (κ3) is 3.08. The Hall–Kier alpha value is -1.87. The summed E-state index contributed by atoms with van der Waals surface area (Å²) in [6.07, 6.45) is 2.01. The van der Waals surface area contributed by atoms with Crippen molar-refractivity contribution in [3.63, 3.8) is 0 Å². The van der Waals surface area contributed by atoms with Gasteiger partial charge in [0.25, 0.3) is 0 Å². The number of anilines is 1. The normalized spacial score (nSPS) is 16.8. The zero-order valence-corrected chi connectivity index (χ0v) is 12.6. The smallest absolute Gasteiger partial charge is 0.123 e. The van der Waals surface area contributed by atoms with E-state index in [0.29, 0.717) is 6.04 Å². The van der Waals surface area contributed by atoms with E-state index >= 15 is 0 Å². The molecule has 1 unspecified atom stereocenters. The average molecular weight is 284 g/mol. The highest BCUT2D eigenvalue weighted by Crippen LogP contribution is 2.31. The third-order valence-corrected chi connectivity index (χ3v) is 4.19. The Kier molecular flexibility index (Phi) is 3.93. The van der Waals surface area contributed by atoms with E-state index in [1.54, 1.807) is 12.1 Å². The lowest BCUT2D eigenvalue weighted by Crippen LogP contribution is -2.18. The summed E-state index contributed by atoms with van der Waals surface area (Å²) in [4.78, 5) is 2.10. The van der Waals surface area contributed by atoms with Crippen LogP contribution in [0.1, 0.15) is 29.2 Å². The molecule has 0 aromatic heterocycles. The highest BCUT2D eigenvalue weighted by Gasteiger charge is 2.22. The molecule has 0 aliphatic heterocycles. The largest absolute Gasteiger partial charge is 0.378 e. The van der Waals surface area contributed by atoms with Gasteiger partial charge in [0.2, 0.25) is 0 Å². The number of benzene rings is 2. The van der Waals surface area contributed by atoms with Crippen molar-refractivity contribution < 1.29 is 4.39 Å². The van der Waals surface area contributed by atoms with E-state index in [1.165, 1.54) is 16.8 Å². The molecule has 2 nitrogen and oxygen atoms in total. The van der Waals surface area contributed by atoms with E-state index in [4.69, 9.17) is 0 Å². The Morgan fingerprint density at radius 3 is 2.62 bits per heavy atom.